The van der Waals surface area contributed by atoms with Crippen molar-refractivity contribution in [3.63, 3.8) is 0 Å². The minimum atomic E-state index is -0.100. The average Bonchev–Trinajstić information content (AvgIpc) is 3.27. The maximum absolute atomic E-state index is 12.2. The number of H-pyrrole nitrogens is 1. The van der Waals surface area contributed by atoms with Crippen LogP contribution in [0.2, 0.25) is 0 Å². The number of fused-ring (bicyclic) bond motifs is 1. The van der Waals surface area contributed by atoms with E-state index < -0.39 is 0 Å². The SMILES string of the molecule is CC(Sc1nncn1C1CC1)c1nc2ccccc2c(=O)[nH]1. The Labute approximate surface area is 131 Å². The molecule has 2 heterocycles. The molecule has 1 saturated carbocycles. The second kappa shape index (κ2) is 5.24. The summed E-state index contributed by atoms with van der Waals surface area (Å²) in [6, 6.07) is 7.91. The lowest BCUT2D eigenvalue weighted by Gasteiger charge is -2.11. The van der Waals surface area contributed by atoms with Crippen molar-refractivity contribution in [3.8, 4) is 0 Å². The number of aromatic nitrogens is 5. The Balaban J connectivity index is 1.66. The highest BCUT2D eigenvalue weighted by atomic mass is 32.2. The minimum absolute atomic E-state index is 0.000920. The zero-order valence-electron chi connectivity index (χ0n) is 12.1. The van der Waals surface area contributed by atoms with Crippen molar-refractivity contribution < 1.29 is 0 Å². The van der Waals surface area contributed by atoms with E-state index in [1.54, 1.807) is 24.2 Å². The summed E-state index contributed by atoms with van der Waals surface area (Å²) in [5.41, 5.74) is 0.620. The highest BCUT2D eigenvalue weighted by Crippen LogP contribution is 2.40. The average molecular weight is 313 g/mol. The summed E-state index contributed by atoms with van der Waals surface area (Å²) in [6.07, 6.45) is 4.15. The topological polar surface area (TPSA) is 76.5 Å². The largest absolute Gasteiger partial charge is 0.309 e. The molecule has 1 aliphatic rings. The molecule has 0 bridgehead atoms. The van der Waals surface area contributed by atoms with E-state index in [9.17, 15) is 4.79 Å². The molecule has 6 nitrogen and oxygen atoms in total. The monoisotopic (exact) mass is 313 g/mol. The van der Waals surface area contributed by atoms with Gasteiger partial charge in [0.25, 0.3) is 5.56 Å². The molecular weight excluding hydrogens is 298 g/mol. The Morgan fingerprint density at radius 3 is 3.00 bits per heavy atom. The lowest BCUT2D eigenvalue weighted by Crippen LogP contribution is -2.13. The van der Waals surface area contributed by atoms with E-state index in [1.165, 1.54) is 12.8 Å². The fourth-order valence-corrected chi connectivity index (χ4v) is 3.38. The van der Waals surface area contributed by atoms with E-state index in [2.05, 4.69) is 24.7 Å². The van der Waals surface area contributed by atoms with Gasteiger partial charge in [-0.3, -0.25) is 4.79 Å². The van der Waals surface area contributed by atoms with E-state index in [-0.39, 0.29) is 10.8 Å². The van der Waals surface area contributed by atoms with Crippen LogP contribution in [0.3, 0.4) is 0 Å². The highest BCUT2D eigenvalue weighted by Gasteiger charge is 2.27. The summed E-state index contributed by atoms with van der Waals surface area (Å²) >= 11 is 1.57. The third-order valence-corrected chi connectivity index (χ3v) is 4.86. The molecule has 0 aliphatic heterocycles. The zero-order valence-corrected chi connectivity index (χ0v) is 12.9. The smallest absolute Gasteiger partial charge is 0.258 e. The van der Waals surface area contributed by atoms with E-state index in [0.29, 0.717) is 17.3 Å². The fraction of sp³-hybridized carbons (Fsp3) is 0.333. The Bertz CT molecular complexity index is 883. The summed E-state index contributed by atoms with van der Waals surface area (Å²) in [5.74, 6) is 0.666. The van der Waals surface area contributed by atoms with E-state index >= 15 is 0 Å². The molecule has 0 spiro atoms. The van der Waals surface area contributed by atoms with Crippen LogP contribution in [0.15, 0.2) is 40.5 Å². The number of rotatable bonds is 4. The fourth-order valence-electron chi connectivity index (χ4n) is 2.43. The molecule has 0 saturated heterocycles. The first kappa shape index (κ1) is 13.5. The molecule has 4 rings (SSSR count). The number of hydrogen-bond acceptors (Lipinski definition) is 5. The lowest BCUT2D eigenvalue weighted by molar-refractivity contribution is 0.661. The third-order valence-electron chi connectivity index (χ3n) is 3.78. The Hall–Kier alpha value is -2.15. The van der Waals surface area contributed by atoms with Crippen LogP contribution < -0.4 is 5.56 Å². The van der Waals surface area contributed by atoms with E-state index in [0.717, 1.165) is 10.7 Å². The molecule has 7 heteroatoms. The van der Waals surface area contributed by atoms with Crippen LogP contribution >= 0.6 is 11.8 Å². The van der Waals surface area contributed by atoms with Crippen LogP contribution in [0, 0.1) is 0 Å². The number of para-hydroxylation sites is 1. The van der Waals surface area contributed by atoms with Crippen molar-refractivity contribution in [2.45, 2.75) is 36.2 Å². The number of thioether (sulfide) groups is 1. The normalized spacial score (nSPS) is 16.0. The van der Waals surface area contributed by atoms with Crippen molar-refractivity contribution in [3.05, 3.63) is 46.8 Å². The van der Waals surface area contributed by atoms with E-state index in [1.807, 2.05) is 25.1 Å². The first-order valence-electron chi connectivity index (χ1n) is 7.27. The predicted octanol–water partition coefficient (Wildman–Crippen LogP) is 2.70. The molecule has 22 heavy (non-hydrogen) atoms. The quantitative estimate of drug-likeness (QED) is 0.749. The van der Waals surface area contributed by atoms with Gasteiger partial charge in [-0.25, -0.2) is 4.98 Å². The number of nitrogens with one attached hydrogen (secondary N) is 1. The summed E-state index contributed by atoms with van der Waals surface area (Å²) in [4.78, 5) is 19.6. The number of nitrogens with zero attached hydrogens (tertiary/aromatic N) is 4. The van der Waals surface area contributed by atoms with Gasteiger partial charge in [0.15, 0.2) is 5.16 Å². The second-order valence-corrected chi connectivity index (χ2v) is 6.79. The minimum Gasteiger partial charge on any atom is -0.309 e. The first-order chi connectivity index (χ1) is 10.7. The number of benzene rings is 1. The molecule has 1 unspecified atom stereocenters. The summed E-state index contributed by atoms with van der Waals surface area (Å²) in [7, 11) is 0. The Morgan fingerprint density at radius 2 is 2.18 bits per heavy atom. The predicted molar refractivity (Wildman–Crippen MR) is 84.9 cm³/mol. The zero-order chi connectivity index (χ0) is 15.1. The van der Waals surface area contributed by atoms with Gasteiger partial charge in [0.2, 0.25) is 0 Å². The van der Waals surface area contributed by atoms with Crippen LogP contribution in [0.5, 0.6) is 0 Å². The maximum atomic E-state index is 12.2. The van der Waals surface area contributed by atoms with E-state index in [4.69, 9.17) is 0 Å². The molecule has 1 atom stereocenters. The van der Waals surface area contributed by atoms with Crippen LogP contribution in [-0.2, 0) is 0 Å². The standard InChI is InChI=1S/C15H15N5OS/c1-9(22-15-19-16-8-20(15)10-6-7-10)13-17-12-5-3-2-4-11(12)14(21)18-13/h2-5,8-10H,6-7H2,1H3,(H,17,18,21). The molecule has 1 N–H and O–H groups in total. The molecule has 2 aromatic heterocycles. The second-order valence-electron chi connectivity index (χ2n) is 5.48. The van der Waals surface area contributed by atoms with Gasteiger partial charge in [0, 0.05) is 6.04 Å². The third kappa shape index (κ3) is 2.41. The van der Waals surface area contributed by atoms with Crippen molar-refractivity contribution in [1.29, 1.82) is 0 Å². The van der Waals surface area contributed by atoms with Gasteiger partial charge in [0.1, 0.15) is 12.2 Å². The summed E-state index contributed by atoms with van der Waals surface area (Å²) < 4.78 is 2.11. The molecule has 0 radical (unpaired) electrons. The summed E-state index contributed by atoms with van der Waals surface area (Å²) in [6.45, 7) is 2.02. The molecule has 0 amide bonds. The molecule has 112 valence electrons. The molecule has 1 fully saturated rings. The Morgan fingerprint density at radius 1 is 1.36 bits per heavy atom. The van der Waals surface area contributed by atoms with Gasteiger partial charge in [-0.2, -0.15) is 0 Å². The van der Waals surface area contributed by atoms with Gasteiger partial charge in [-0.15, -0.1) is 10.2 Å². The number of aromatic amines is 1. The van der Waals surface area contributed by atoms with Crippen LogP contribution in [0.4, 0.5) is 0 Å². The van der Waals surface area contributed by atoms with Crippen LogP contribution in [0.25, 0.3) is 10.9 Å². The van der Waals surface area contributed by atoms with Crippen LogP contribution in [-0.4, -0.2) is 24.7 Å². The molecular formula is C15H15N5OS. The van der Waals surface area contributed by atoms with Gasteiger partial charge in [-0.05, 0) is 31.9 Å². The van der Waals surface area contributed by atoms with Gasteiger partial charge in [-0.1, -0.05) is 23.9 Å². The Kier molecular flexibility index (Phi) is 3.22. The van der Waals surface area contributed by atoms with Crippen molar-refractivity contribution in [2.75, 3.05) is 0 Å². The molecule has 1 aromatic carbocycles. The molecule has 3 aromatic rings. The lowest BCUT2D eigenvalue weighted by atomic mass is 10.2. The number of hydrogen-bond donors (Lipinski definition) is 1. The summed E-state index contributed by atoms with van der Waals surface area (Å²) in [5, 5.41) is 9.68. The van der Waals surface area contributed by atoms with Crippen molar-refractivity contribution in [1.82, 2.24) is 24.7 Å². The van der Waals surface area contributed by atoms with Crippen molar-refractivity contribution in [2.24, 2.45) is 0 Å². The van der Waals surface area contributed by atoms with Gasteiger partial charge >= 0.3 is 0 Å². The van der Waals surface area contributed by atoms with Crippen LogP contribution in [0.1, 0.15) is 36.9 Å². The van der Waals surface area contributed by atoms with Gasteiger partial charge < -0.3 is 9.55 Å². The van der Waals surface area contributed by atoms with Gasteiger partial charge in [0.05, 0.1) is 16.2 Å². The highest BCUT2D eigenvalue weighted by molar-refractivity contribution is 7.99. The first-order valence-corrected chi connectivity index (χ1v) is 8.15. The molecule has 1 aliphatic carbocycles. The maximum Gasteiger partial charge on any atom is 0.258 e. The van der Waals surface area contributed by atoms with Crippen molar-refractivity contribution >= 4 is 22.7 Å².